The van der Waals surface area contributed by atoms with E-state index in [0.717, 1.165) is 16.3 Å². The van der Waals surface area contributed by atoms with E-state index in [1.165, 1.54) is 17.4 Å². The average Bonchev–Trinajstić information content (AvgIpc) is 3.28. The van der Waals surface area contributed by atoms with Crippen molar-refractivity contribution < 1.29 is 9.59 Å². The highest BCUT2D eigenvalue weighted by Crippen LogP contribution is 2.21. The number of hydrogen-bond acceptors (Lipinski definition) is 6. The standard InChI is InChI=1S/C17H19N5O2S/c1-11-18-13(10-25-11)7-8-16(23)21-22-17(24)15-9-14(19-20-15)12-5-3-2-4-6-12/h2-8,10,14-15,19-20H,9H2,1H3,(H,21,23)(H,22,24)/b8-7+. The smallest absolute Gasteiger partial charge is 0.262 e. The maximum Gasteiger partial charge on any atom is 0.262 e. The summed E-state index contributed by atoms with van der Waals surface area (Å²) in [4.78, 5) is 28.1. The van der Waals surface area contributed by atoms with E-state index in [4.69, 9.17) is 0 Å². The second-order valence-electron chi connectivity index (χ2n) is 5.64. The van der Waals surface area contributed by atoms with Gasteiger partial charge in [0.15, 0.2) is 0 Å². The fourth-order valence-corrected chi connectivity index (χ4v) is 3.08. The molecule has 0 aliphatic carbocycles. The molecule has 0 saturated carbocycles. The molecule has 1 aliphatic heterocycles. The topological polar surface area (TPSA) is 95.2 Å². The molecule has 1 aromatic carbocycles. The SMILES string of the molecule is Cc1nc(/C=C/C(=O)NNC(=O)C2CC(c3ccccc3)NN2)cs1. The summed E-state index contributed by atoms with van der Waals surface area (Å²) in [6, 6.07) is 9.52. The number of amides is 2. The molecule has 1 fully saturated rings. The van der Waals surface area contributed by atoms with Gasteiger partial charge in [-0.2, -0.15) is 0 Å². The molecular formula is C17H19N5O2S. The third-order valence-corrected chi connectivity index (χ3v) is 4.56. The van der Waals surface area contributed by atoms with E-state index < -0.39 is 11.9 Å². The Morgan fingerprint density at radius 3 is 2.76 bits per heavy atom. The van der Waals surface area contributed by atoms with E-state index in [1.807, 2.05) is 42.6 Å². The fraction of sp³-hybridized carbons (Fsp3) is 0.235. The number of carbonyl (C=O) groups is 2. The molecule has 4 N–H and O–H groups in total. The zero-order valence-corrected chi connectivity index (χ0v) is 14.5. The van der Waals surface area contributed by atoms with Gasteiger partial charge in [-0.25, -0.2) is 15.8 Å². The summed E-state index contributed by atoms with van der Waals surface area (Å²) < 4.78 is 0. The van der Waals surface area contributed by atoms with Gasteiger partial charge in [0, 0.05) is 17.5 Å². The number of hydrogen-bond donors (Lipinski definition) is 4. The Bertz CT molecular complexity index is 774. The van der Waals surface area contributed by atoms with Crippen LogP contribution in [0.4, 0.5) is 0 Å². The number of carbonyl (C=O) groups excluding carboxylic acids is 2. The van der Waals surface area contributed by atoms with Gasteiger partial charge >= 0.3 is 0 Å². The summed E-state index contributed by atoms with van der Waals surface area (Å²) >= 11 is 1.51. The lowest BCUT2D eigenvalue weighted by atomic mass is 10.0. The van der Waals surface area contributed by atoms with Gasteiger partial charge in [-0.05, 0) is 25.0 Å². The van der Waals surface area contributed by atoms with E-state index in [0.29, 0.717) is 6.42 Å². The molecule has 3 rings (SSSR count). The number of aromatic nitrogens is 1. The van der Waals surface area contributed by atoms with Crippen LogP contribution in [0.3, 0.4) is 0 Å². The van der Waals surface area contributed by atoms with Gasteiger partial charge < -0.3 is 0 Å². The summed E-state index contributed by atoms with van der Waals surface area (Å²) in [5, 5.41) is 2.79. The molecule has 25 heavy (non-hydrogen) atoms. The Labute approximate surface area is 149 Å². The molecule has 0 radical (unpaired) electrons. The summed E-state index contributed by atoms with van der Waals surface area (Å²) in [5.74, 6) is -0.707. The molecule has 7 nitrogen and oxygen atoms in total. The van der Waals surface area contributed by atoms with Gasteiger partial charge in [0.1, 0.15) is 6.04 Å². The van der Waals surface area contributed by atoms with Crippen LogP contribution in [0, 0.1) is 6.92 Å². The van der Waals surface area contributed by atoms with Crippen LogP contribution in [0.25, 0.3) is 6.08 Å². The molecule has 0 bridgehead atoms. The first-order valence-corrected chi connectivity index (χ1v) is 8.76. The number of aryl methyl sites for hydroxylation is 1. The molecular weight excluding hydrogens is 338 g/mol. The van der Waals surface area contributed by atoms with Gasteiger partial charge in [0.05, 0.1) is 10.7 Å². The Morgan fingerprint density at radius 2 is 2.04 bits per heavy atom. The van der Waals surface area contributed by atoms with E-state index in [2.05, 4.69) is 26.7 Å². The van der Waals surface area contributed by atoms with E-state index in [-0.39, 0.29) is 11.9 Å². The zero-order valence-electron chi connectivity index (χ0n) is 13.7. The quantitative estimate of drug-likeness (QED) is 0.488. The van der Waals surface area contributed by atoms with Gasteiger partial charge in [-0.3, -0.25) is 20.4 Å². The molecule has 0 spiro atoms. The van der Waals surface area contributed by atoms with Crippen molar-refractivity contribution in [3.8, 4) is 0 Å². The van der Waals surface area contributed by atoms with Crippen LogP contribution in [-0.2, 0) is 9.59 Å². The number of hydrazine groups is 2. The highest BCUT2D eigenvalue weighted by atomic mass is 32.1. The van der Waals surface area contributed by atoms with Gasteiger partial charge in [-0.15, -0.1) is 11.3 Å². The average molecular weight is 357 g/mol. The second-order valence-corrected chi connectivity index (χ2v) is 6.71. The minimum atomic E-state index is -0.421. The molecule has 2 unspecified atom stereocenters. The number of nitrogens with one attached hydrogen (secondary N) is 4. The number of thiazole rings is 1. The van der Waals surface area contributed by atoms with Crippen molar-refractivity contribution in [2.45, 2.75) is 25.4 Å². The minimum Gasteiger partial charge on any atom is -0.271 e. The van der Waals surface area contributed by atoms with Crippen molar-refractivity contribution in [3.05, 3.63) is 58.1 Å². The highest BCUT2D eigenvalue weighted by Gasteiger charge is 2.30. The lowest BCUT2D eigenvalue weighted by Crippen LogP contribution is -2.49. The molecule has 1 saturated heterocycles. The van der Waals surface area contributed by atoms with Crippen molar-refractivity contribution in [1.82, 2.24) is 26.7 Å². The van der Waals surface area contributed by atoms with Crippen LogP contribution >= 0.6 is 11.3 Å². The van der Waals surface area contributed by atoms with Crippen molar-refractivity contribution in [1.29, 1.82) is 0 Å². The fourth-order valence-electron chi connectivity index (χ4n) is 2.50. The normalized spacial score (nSPS) is 19.9. The first-order chi connectivity index (χ1) is 12.1. The minimum absolute atomic E-state index is 0.0560. The van der Waals surface area contributed by atoms with Crippen molar-refractivity contribution in [3.63, 3.8) is 0 Å². The Kier molecular flexibility index (Phi) is 5.54. The van der Waals surface area contributed by atoms with Crippen LogP contribution in [0.1, 0.15) is 28.7 Å². The van der Waals surface area contributed by atoms with E-state index in [9.17, 15) is 9.59 Å². The first-order valence-electron chi connectivity index (χ1n) is 7.88. The largest absolute Gasteiger partial charge is 0.271 e. The Balaban J connectivity index is 1.45. The molecule has 2 aromatic rings. The van der Waals surface area contributed by atoms with Crippen LogP contribution in [0.5, 0.6) is 0 Å². The number of nitrogens with zero attached hydrogens (tertiary/aromatic N) is 1. The van der Waals surface area contributed by atoms with Crippen LogP contribution < -0.4 is 21.7 Å². The van der Waals surface area contributed by atoms with Crippen molar-refractivity contribution in [2.24, 2.45) is 0 Å². The van der Waals surface area contributed by atoms with E-state index in [1.54, 1.807) is 6.08 Å². The van der Waals surface area contributed by atoms with Gasteiger partial charge in [0.25, 0.3) is 11.8 Å². The zero-order chi connectivity index (χ0) is 17.6. The number of rotatable bonds is 4. The summed E-state index contributed by atoms with van der Waals surface area (Å²) in [6.07, 6.45) is 3.54. The van der Waals surface area contributed by atoms with Crippen LogP contribution in [-0.4, -0.2) is 22.8 Å². The lowest BCUT2D eigenvalue weighted by Gasteiger charge is -2.10. The van der Waals surface area contributed by atoms with E-state index >= 15 is 0 Å². The molecule has 8 heteroatoms. The third kappa shape index (κ3) is 4.72. The van der Waals surface area contributed by atoms with Gasteiger partial charge in [-0.1, -0.05) is 30.3 Å². The maximum absolute atomic E-state index is 12.1. The summed E-state index contributed by atoms with van der Waals surface area (Å²) in [5.41, 5.74) is 12.7. The monoisotopic (exact) mass is 357 g/mol. The molecule has 2 atom stereocenters. The van der Waals surface area contributed by atoms with Crippen molar-refractivity contribution >= 4 is 29.2 Å². The van der Waals surface area contributed by atoms with Gasteiger partial charge in [0.2, 0.25) is 0 Å². The summed E-state index contributed by atoms with van der Waals surface area (Å²) in [7, 11) is 0. The molecule has 130 valence electrons. The maximum atomic E-state index is 12.1. The molecule has 2 amide bonds. The van der Waals surface area contributed by atoms with Crippen molar-refractivity contribution in [2.75, 3.05) is 0 Å². The first kappa shape index (κ1) is 17.3. The third-order valence-electron chi connectivity index (χ3n) is 3.77. The lowest BCUT2D eigenvalue weighted by molar-refractivity contribution is -0.128. The predicted octanol–water partition coefficient (Wildman–Crippen LogP) is 1.22. The molecule has 1 aliphatic rings. The Hall–Kier alpha value is -2.55. The summed E-state index contributed by atoms with van der Waals surface area (Å²) in [6.45, 7) is 1.90. The second kappa shape index (κ2) is 8.02. The highest BCUT2D eigenvalue weighted by molar-refractivity contribution is 7.09. The Morgan fingerprint density at radius 1 is 1.24 bits per heavy atom. The van der Waals surface area contributed by atoms with Crippen LogP contribution in [0.2, 0.25) is 0 Å². The number of benzene rings is 1. The predicted molar refractivity (Wildman–Crippen MR) is 96.0 cm³/mol. The molecule has 2 heterocycles. The molecule has 1 aromatic heterocycles. The van der Waals surface area contributed by atoms with Crippen LogP contribution in [0.15, 0.2) is 41.8 Å².